The molecule has 0 radical (unpaired) electrons. The molecule has 1 amide bonds. The van der Waals surface area contributed by atoms with Gasteiger partial charge in [-0.15, -0.1) is 0 Å². The highest BCUT2D eigenvalue weighted by Gasteiger charge is 2.23. The first-order valence-electron chi connectivity index (χ1n) is 8.15. The third kappa shape index (κ3) is 4.18. The number of pyridine rings is 1. The fraction of sp³-hybridized carbons (Fsp3) is 0.316. The molecule has 2 heterocycles. The second kappa shape index (κ2) is 7.71. The lowest BCUT2D eigenvalue weighted by Gasteiger charge is -2.16. The molecule has 1 unspecified atom stereocenters. The summed E-state index contributed by atoms with van der Waals surface area (Å²) in [6.45, 7) is 3.51. The van der Waals surface area contributed by atoms with Gasteiger partial charge in [0.25, 0.3) is 5.91 Å². The summed E-state index contributed by atoms with van der Waals surface area (Å²) < 4.78 is 0. The summed E-state index contributed by atoms with van der Waals surface area (Å²) in [6, 6.07) is 14.8. The molecule has 0 bridgehead atoms. The summed E-state index contributed by atoms with van der Waals surface area (Å²) in [5.74, 6) is 0.340. The zero-order valence-electron chi connectivity index (χ0n) is 13.5. The van der Waals surface area contributed by atoms with Crippen molar-refractivity contribution in [2.24, 2.45) is 5.92 Å². The zero-order chi connectivity index (χ0) is 16.8. The van der Waals surface area contributed by atoms with Crippen molar-refractivity contribution in [1.82, 2.24) is 15.2 Å². The largest absolute Gasteiger partial charge is 0.352 e. The Bertz CT molecular complexity index is 739. The molecule has 1 N–H and O–H groups in total. The van der Waals surface area contributed by atoms with Crippen LogP contribution in [0.15, 0.2) is 48.7 Å². The van der Waals surface area contributed by atoms with Crippen molar-refractivity contribution in [3.8, 4) is 6.07 Å². The average Bonchev–Trinajstić information content (AvgIpc) is 3.08. The Kier molecular flexibility index (Phi) is 5.19. The number of hydrogen-bond donors (Lipinski definition) is 1. The molecule has 5 heteroatoms. The van der Waals surface area contributed by atoms with Gasteiger partial charge in [-0.3, -0.25) is 14.7 Å². The van der Waals surface area contributed by atoms with Crippen LogP contribution < -0.4 is 5.32 Å². The Balaban J connectivity index is 1.47. The number of nitrogens with zero attached hydrogens (tertiary/aromatic N) is 3. The number of aromatic nitrogens is 1. The van der Waals surface area contributed by atoms with Gasteiger partial charge in [-0.25, -0.2) is 0 Å². The standard InChI is InChI=1S/C19H20N4O/c20-11-15-4-3-5-17(10-15)19(24)22-12-16-7-9-23(13-16)14-18-6-1-2-8-21-18/h1-6,8,10,16H,7,9,12-14H2,(H,22,24). The topological polar surface area (TPSA) is 69.0 Å². The number of nitrogens with one attached hydrogen (secondary N) is 1. The molecule has 1 aliphatic rings. The van der Waals surface area contributed by atoms with Crippen LogP contribution in [0.5, 0.6) is 0 Å². The predicted molar refractivity (Wildman–Crippen MR) is 91.1 cm³/mol. The van der Waals surface area contributed by atoms with E-state index in [1.54, 1.807) is 24.3 Å². The number of carbonyl (C=O) groups is 1. The molecular weight excluding hydrogens is 300 g/mol. The lowest BCUT2D eigenvalue weighted by Crippen LogP contribution is -2.31. The van der Waals surface area contributed by atoms with Crippen molar-refractivity contribution in [1.29, 1.82) is 5.26 Å². The minimum absolute atomic E-state index is 0.115. The summed E-state index contributed by atoms with van der Waals surface area (Å²) >= 11 is 0. The highest BCUT2D eigenvalue weighted by atomic mass is 16.1. The maximum Gasteiger partial charge on any atom is 0.251 e. The van der Waals surface area contributed by atoms with Gasteiger partial charge in [0.05, 0.1) is 17.3 Å². The summed E-state index contributed by atoms with van der Waals surface area (Å²) in [5, 5.41) is 11.9. The van der Waals surface area contributed by atoms with E-state index in [1.165, 1.54) is 0 Å². The summed E-state index contributed by atoms with van der Waals surface area (Å²) in [4.78, 5) is 18.9. The van der Waals surface area contributed by atoms with Gasteiger partial charge in [-0.1, -0.05) is 12.1 Å². The molecule has 3 rings (SSSR count). The molecule has 1 aliphatic heterocycles. The van der Waals surface area contributed by atoms with E-state index in [0.29, 0.717) is 23.6 Å². The molecule has 1 aromatic heterocycles. The maximum absolute atomic E-state index is 12.2. The second-order valence-electron chi connectivity index (χ2n) is 6.11. The van der Waals surface area contributed by atoms with Gasteiger partial charge in [0, 0.05) is 31.4 Å². The van der Waals surface area contributed by atoms with E-state index in [2.05, 4.69) is 21.3 Å². The normalized spacial score (nSPS) is 17.4. The number of likely N-dealkylation sites (tertiary alicyclic amines) is 1. The first kappa shape index (κ1) is 16.2. The van der Waals surface area contributed by atoms with Gasteiger partial charge in [-0.2, -0.15) is 5.26 Å². The summed E-state index contributed by atoms with van der Waals surface area (Å²) in [7, 11) is 0. The molecule has 122 valence electrons. The minimum atomic E-state index is -0.115. The van der Waals surface area contributed by atoms with Gasteiger partial charge in [0.1, 0.15) is 0 Å². The molecule has 24 heavy (non-hydrogen) atoms. The van der Waals surface area contributed by atoms with Gasteiger partial charge < -0.3 is 5.32 Å². The van der Waals surface area contributed by atoms with Crippen LogP contribution in [0.3, 0.4) is 0 Å². The number of benzene rings is 1. The minimum Gasteiger partial charge on any atom is -0.352 e. The molecule has 1 atom stereocenters. The van der Waals surface area contributed by atoms with Crippen LogP contribution in [0.4, 0.5) is 0 Å². The molecule has 1 fully saturated rings. The average molecular weight is 320 g/mol. The first-order chi connectivity index (χ1) is 11.7. The smallest absolute Gasteiger partial charge is 0.251 e. The SMILES string of the molecule is N#Cc1cccc(C(=O)NCC2CCN(Cc3ccccn3)C2)c1. The van der Waals surface area contributed by atoms with Gasteiger partial charge in [0.15, 0.2) is 0 Å². The van der Waals surface area contributed by atoms with Crippen LogP contribution in [0.1, 0.15) is 28.0 Å². The summed E-state index contributed by atoms with van der Waals surface area (Å²) in [5.41, 5.74) is 2.12. The van der Waals surface area contributed by atoms with Crippen molar-refractivity contribution in [2.45, 2.75) is 13.0 Å². The van der Waals surface area contributed by atoms with Gasteiger partial charge >= 0.3 is 0 Å². The lowest BCUT2D eigenvalue weighted by atomic mass is 10.1. The Hall–Kier alpha value is -2.71. The molecule has 0 aliphatic carbocycles. The Morgan fingerprint density at radius 3 is 3.04 bits per heavy atom. The monoisotopic (exact) mass is 320 g/mol. The number of carbonyl (C=O) groups excluding carboxylic acids is 1. The summed E-state index contributed by atoms with van der Waals surface area (Å²) in [6.07, 6.45) is 2.89. The number of hydrogen-bond acceptors (Lipinski definition) is 4. The molecular formula is C19H20N4O. The number of nitriles is 1. The maximum atomic E-state index is 12.2. The second-order valence-corrected chi connectivity index (χ2v) is 6.11. The van der Waals surface area contributed by atoms with Crippen molar-refractivity contribution in [2.75, 3.05) is 19.6 Å². The van der Waals surface area contributed by atoms with E-state index < -0.39 is 0 Å². The molecule has 1 aromatic carbocycles. The third-order valence-electron chi connectivity index (χ3n) is 4.29. The molecule has 0 saturated carbocycles. The Labute approximate surface area is 141 Å². The van der Waals surface area contributed by atoms with Crippen molar-refractivity contribution < 1.29 is 4.79 Å². The number of rotatable bonds is 5. The van der Waals surface area contributed by atoms with Crippen molar-refractivity contribution >= 4 is 5.91 Å². The quantitative estimate of drug-likeness (QED) is 0.917. The van der Waals surface area contributed by atoms with Gasteiger partial charge in [0.2, 0.25) is 0 Å². The fourth-order valence-electron chi connectivity index (χ4n) is 3.01. The molecule has 1 saturated heterocycles. The number of amides is 1. The fourth-order valence-corrected chi connectivity index (χ4v) is 3.01. The highest BCUT2D eigenvalue weighted by Crippen LogP contribution is 2.17. The third-order valence-corrected chi connectivity index (χ3v) is 4.29. The van der Waals surface area contributed by atoms with Crippen LogP contribution in [0, 0.1) is 17.2 Å². The van der Waals surface area contributed by atoms with Crippen LogP contribution >= 0.6 is 0 Å². The van der Waals surface area contributed by atoms with Gasteiger partial charge in [-0.05, 0) is 49.2 Å². The van der Waals surface area contributed by atoms with E-state index in [0.717, 1.165) is 31.7 Å². The van der Waals surface area contributed by atoms with Crippen LogP contribution in [0.25, 0.3) is 0 Å². The van der Waals surface area contributed by atoms with Crippen LogP contribution in [-0.2, 0) is 6.54 Å². The van der Waals surface area contributed by atoms with E-state index in [9.17, 15) is 4.79 Å². The van der Waals surface area contributed by atoms with Crippen molar-refractivity contribution in [3.05, 3.63) is 65.5 Å². The zero-order valence-corrected chi connectivity index (χ0v) is 13.5. The van der Waals surface area contributed by atoms with Crippen molar-refractivity contribution in [3.63, 3.8) is 0 Å². The predicted octanol–water partition coefficient (Wildman–Crippen LogP) is 2.21. The van der Waals surface area contributed by atoms with E-state index in [1.807, 2.05) is 24.4 Å². The molecule has 2 aromatic rings. The van der Waals surface area contributed by atoms with E-state index >= 15 is 0 Å². The van der Waals surface area contributed by atoms with Crippen LogP contribution in [-0.4, -0.2) is 35.4 Å². The van der Waals surface area contributed by atoms with E-state index in [4.69, 9.17) is 5.26 Å². The Morgan fingerprint density at radius 2 is 2.25 bits per heavy atom. The van der Waals surface area contributed by atoms with E-state index in [-0.39, 0.29) is 5.91 Å². The molecule has 5 nitrogen and oxygen atoms in total. The highest BCUT2D eigenvalue weighted by molar-refractivity contribution is 5.94. The molecule has 0 spiro atoms. The first-order valence-corrected chi connectivity index (χ1v) is 8.15. The van der Waals surface area contributed by atoms with Crippen LogP contribution in [0.2, 0.25) is 0 Å². The lowest BCUT2D eigenvalue weighted by molar-refractivity contribution is 0.0947. The Morgan fingerprint density at radius 1 is 1.33 bits per heavy atom.